The molecule has 2 unspecified atom stereocenters. The van der Waals surface area contributed by atoms with Gasteiger partial charge in [0.2, 0.25) is 0 Å². The van der Waals surface area contributed by atoms with Gasteiger partial charge in [0.15, 0.2) is 0 Å². The van der Waals surface area contributed by atoms with Gasteiger partial charge in [0.1, 0.15) is 11.5 Å². The minimum absolute atomic E-state index is 0.136. The van der Waals surface area contributed by atoms with E-state index in [0.717, 1.165) is 51.4 Å². The molecule has 24 heavy (non-hydrogen) atoms. The van der Waals surface area contributed by atoms with Crippen LogP contribution >= 0.6 is 15.9 Å². The Labute approximate surface area is 154 Å². The molecule has 0 aliphatic heterocycles. The molecule has 0 bridgehead atoms. The first-order chi connectivity index (χ1) is 11.4. The Balaban J connectivity index is 1.60. The molecule has 0 N–H and O–H groups in total. The Morgan fingerprint density at radius 1 is 1.08 bits per heavy atom. The van der Waals surface area contributed by atoms with Gasteiger partial charge in [-0.2, -0.15) is 0 Å². The van der Waals surface area contributed by atoms with E-state index in [1.807, 2.05) is 0 Å². The van der Waals surface area contributed by atoms with Crippen molar-refractivity contribution in [3.05, 3.63) is 0 Å². The summed E-state index contributed by atoms with van der Waals surface area (Å²) >= 11 is 3.38. The van der Waals surface area contributed by atoms with E-state index in [0.29, 0.717) is 34.8 Å². The van der Waals surface area contributed by atoms with Gasteiger partial charge < -0.3 is 0 Å². The van der Waals surface area contributed by atoms with Crippen molar-refractivity contribution < 1.29 is 9.18 Å². The Morgan fingerprint density at radius 2 is 1.88 bits per heavy atom. The molecule has 0 aromatic rings. The molecule has 136 valence electrons. The Hall–Kier alpha value is 0.0800. The highest BCUT2D eigenvalue weighted by Gasteiger charge is 2.62. The van der Waals surface area contributed by atoms with Crippen LogP contribution < -0.4 is 0 Å². The van der Waals surface area contributed by atoms with Crippen molar-refractivity contribution in [1.82, 2.24) is 0 Å². The quantitative estimate of drug-likeness (QED) is 0.525. The highest BCUT2D eigenvalue weighted by atomic mass is 79.9. The van der Waals surface area contributed by atoms with Gasteiger partial charge in [-0.3, -0.25) is 4.79 Å². The average molecular weight is 399 g/mol. The van der Waals surface area contributed by atoms with Gasteiger partial charge in [-0.1, -0.05) is 29.8 Å². The van der Waals surface area contributed by atoms with Crippen molar-refractivity contribution in [2.45, 2.75) is 77.3 Å². The normalized spacial score (nSPS) is 53.8. The van der Waals surface area contributed by atoms with Crippen LogP contribution in [0.1, 0.15) is 71.6 Å². The lowest BCUT2D eigenvalue weighted by Crippen LogP contribution is -2.56. The summed E-state index contributed by atoms with van der Waals surface area (Å²) in [7, 11) is 0. The zero-order valence-corrected chi connectivity index (χ0v) is 16.8. The van der Waals surface area contributed by atoms with Gasteiger partial charge in [0, 0.05) is 5.92 Å². The number of fused-ring (bicyclic) bond motifs is 5. The number of carbonyl (C=O) groups is 1. The summed E-state index contributed by atoms with van der Waals surface area (Å²) in [6, 6.07) is 0. The third-order valence-electron chi connectivity index (χ3n) is 8.81. The molecule has 4 aliphatic rings. The predicted octanol–water partition coefficient (Wildman–Crippen LogP) is 5.95. The first-order valence-corrected chi connectivity index (χ1v) is 11.3. The van der Waals surface area contributed by atoms with Gasteiger partial charge in [0.25, 0.3) is 0 Å². The van der Waals surface area contributed by atoms with Crippen LogP contribution in [0.25, 0.3) is 0 Å². The number of carbonyl (C=O) groups excluding carboxylic acids is 1. The van der Waals surface area contributed by atoms with Crippen molar-refractivity contribution in [2.24, 2.45) is 40.9 Å². The summed E-state index contributed by atoms with van der Waals surface area (Å²) in [5.74, 6) is 3.00. The van der Waals surface area contributed by atoms with E-state index in [9.17, 15) is 4.79 Å². The number of ketones is 1. The average Bonchev–Trinajstić information content (AvgIpc) is 2.92. The number of rotatable bonds is 2. The molecular formula is C21H32BrFO. The maximum absolute atomic E-state index is 16.2. The van der Waals surface area contributed by atoms with Gasteiger partial charge in [-0.25, -0.2) is 4.39 Å². The van der Waals surface area contributed by atoms with Crippen molar-refractivity contribution in [2.75, 3.05) is 5.33 Å². The first-order valence-electron chi connectivity index (χ1n) is 10.2. The summed E-state index contributed by atoms with van der Waals surface area (Å²) in [5, 5.41) is 0.487. The number of hydrogen-bond donors (Lipinski definition) is 0. The van der Waals surface area contributed by atoms with Crippen LogP contribution in [0.5, 0.6) is 0 Å². The fraction of sp³-hybridized carbons (Fsp3) is 0.952. The van der Waals surface area contributed by atoms with E-state index in [1.165, 1.54) is 6.42 Å². The van der Waals surface area contributed by atoms with E-state index >= 15 is 4.39 Å². The maximum Gasteiger partial charge on any atom is 0.147 e. The molecule has 3 heteroatoms. The van der Waals surface area contributed by atoms with E-state index in [1.54, 1.807) is 0 Å². The summed E-state index contributed by atoms with van der Waals surface area (Å²) < 4.78 is 16.2. The van der Waals surface area contributed by atoms with Gasteiger partial charge >= 0.3 is 0 Å². The van der Waals surface area contributed by atoms with Crippen LogP contribution in [0, 0.1) is 40.9 Å². The minimum Gasteiger partial charge on any atom is -0.298 e. The molecule has 4 rings (SSSR count). The lowest BCUT2D eigenvalue weighted by Gasteiger charge is -2.58. The molecule has 0 amide bonds. The number of alkyl halides is 2. The third kappa shape index (κ3) is 2.39. The summed E-state index contributed by atoms with van der Waals surface area (Å²) in [5.41, 5.74) is -0.758. The molecule has 0 aromatic heterocycles. The zero-order valence-electron chi connectivity index (χ0n) is 15.2. The van der Waals surface area contributed by atoms with Crippen molar-refractivity contribution >= 4 is 21.7 Å². The zero-order chi connectivity index (χ0) is 17.1. The van der Waals surface area contributed by atoms with Crippen molar-refractivity contribution in [1.29, 1.82) is 0 Å². The molecule has 0 saturated heterocycles. The Morgan fingerprint density at radius 3 is 2.62 bits per heavy atom. The standard InChI is InChI=1S/C21H32BrFO/c1-13-7-10-21(23)14(11-13)3-4-15-16-5-6-18(19(24)12-22)20(16,2)9-8-17(15)21/h13-18H,3-12H2,1-2H3/t13-,14+,15-,16?,17?,18+,20-,21+/m0/s1. The highest BCUT2D eigenvalue weighted by molar-refractivity contribution is 9.09. The number of halogens is 2. The second-order valence-corrected chi connectivity index (χ2v) is 10.3. The second kappa shape index (κ2) is 6.06. The number of hydrogen-bond acceptors (Lipinski definition) is 1. The van der Waals surface area contributed by atoms with Crippen LogP contribution in [0.4, 0.5) is 4.39 Å². The van der Waals surface area contributed by atoms with Gasteiger partial charge in [0.05, 0.1) is 5.33 Å². The molecule has 4 fully saturated rings. The lowest BCUT2D eigenvalue weighted by atomic mass is 9.48. The first kappa shape index (κ1) is 17.5. The minimum atomic E-state index is -0.895. The largest absolute Gasteiger partial charge is 0.298 e. The Kier molecular flexibility index (Phi) is 4.42. The van der Waals surface area contributed by atoms with Gasteiger partial charge in [-0.05, 0) is 92.8 Å². The molecular weight excluding hydrogens is 367 g/mol. The molecule has 0 heterocycles. The fourth-order valence-corrected chi connectivity index (χ4v) is 8.01. The van der Waals surface area contributed by atoms with Gasteiger partial charge in [-0.15, -0.1) is 0 Å². The molecule has 1 nitrogen and oxygen atoms in total. The fourth-order valence-electron chi connectivity index (χ4n) is 7.62. The molecule has 0 aromatic carbocycles. The highest BCUT2D eigenvalue weighted by Crippen LogP contribution is 2.66. The summed E-state index contributed by atoms with van der Waals surface area (Å²) in [4.78, 5) is 12.4. The molecule has 4 saturated carbocycles. The van der Waals surface area contributed by atoms with Crippen LogP contribution in [0.2, 0.25) is 0 Å². The van der Waals surface area contributed by atoms with Crippen molar-refractivity contribution in [3.63, 3.8) is 0 Å². The molecule has 4 aliphatic carbocycles. The van der Waals surface area contributed by atoms with Crippen LogP contribution in [-0.2, 0) is 4.79 Å². The maximum atomic E-state index is 16.2. The summed E-state index contributed by atoms with van der Waals surface area (Å²) in [6.07, 6.45) is 9.55. The predicted molar refractivity (Wildman–Crippen MR) is 98.9 cm³/mol. The monoisotopic (exact) mass is 398 g/mol. The molecule has 0 spiro atoms. The van der Waals surface area contributed by atoms with E-state index in [2.05, 4.69) is 29.8 Å². The van der Waals surface area contributed by atoms with Crippen LogP contribution in [-0.4, -0.2) is 16.8 Å². The molecule has 8 atom stereocenters. The molecule has 0 radical (unpaired) electrons. The topological polar surface area (TPSA) is 17.1 Å². The van der Waals surface area contributed by atoms with E-state index in [4.69, 9.17) is 0 Å². The van der Waals surface area contributed by atoms with Crippen LogP contribution in [0.3, 0.4) is 0 Å². The smallest absolute Gasteiger partial charge is 0.147 e. The SMILES string of the molecule is C[C@H]1CC[C@]2(F)C3CC[C@@]4(C)C(CC[C@@H]4C(=O)CBr)[C@@H]3CC[C@@H]2C1. The van der Waals surface area contributed by atoms with E-state index in [-0.39, 0.29) is 17.3 Å². The third-order valence-corrected chi connectivity index (χ3v) is 9.36. The lowest BCUT2D eigenvalue weighted by molar-refractivity contribution is -0.144. The van der Waals surface area contributed by atoms with Crippen molar-refractivity contribution in [3.8, 4) is 0 Å². The summed E-state index contributed by atoms with van der Waals surface area (Å²) in [6.45, 7) is 4.66. The second-order valence-electron chi connectivity index (χ2n) is 9.73. The number of Topliss-reactive ketones (excluding diaryl/α,β-unsaturated/α-hetero) is 1. The van der Waals surface area contributed by atoms with E-state index < -0.39 is 5.67 Å². The van der Waals surface area contributed by atoms with Crippen LogP contribution in [0.15, 0.2) is 0 Å². The Bertz CT molecular complexity index is 522.